The van der Waals surface area contributed by atoms with Crippen molar-refractivity contribution in [2.75, 3.05) is 26.9 Å². The van der Waals surface area contributed by atoms with Crippen molar-refractivity contribution in [1.29, 1.82) is 0 Å². The molecule has 1 N–H and O–H groups in total. The summed E-state index contributed by atoms with van der Waals surface area (Å²) >= 11 is 1.46. The molecule has 0 saturated carbocycles. The molecule has 0 aliphatic carbocycles. The van der Waals surface area contributed by atoms with E-state index in [4.69, 9.17) is 9.47 Å². The van der Waals surface area contributed by atoms with Gasteiger partial charge in [-0.3, -0.25) is 9.59 Å². The van der Waals surface area contributed by atoms with Gasteiger partial charge in [0.1, 0.15) is 11.5 Å². The van der Waals surface area contributed by atoms with Gasteiger partial charge in [0.25, 0.3) is 11.7 Å². The average molecular weight is 430 g/mol. The van der Waals surface area contributed by atoms with Gasteiger partial charge in [-0.15, -0.1) is 11.3 Å². The van der Waals surface area contributed by atoms with Crippen LogP contribution < -0.4 is 4.74 Å². The zero-order chi connectivity index (χ0) is 21.7. The molecule has 0 radical (unpaired) electrons. The second-order valence-corrected chi connectivity index (χ2v) is 8.16. The van der Waals surface area contributed by atoms with Crippen LogP contribution in [-0.4, -0.2) is 48.6 Å². The third kappa shape index (κ3) is 4.42. The minimum absolute atomic E-state index is 0.126. The number of carbonyl (C=O) groups excluding carboxylic acids is 2. The number of aryl methyl sites for hydroxylation is 1. The molecule has 2 heterocycles. The number of thiophene rings is 1. The molecule has 30 heavy (non-hydrogen) atoms. The summed E-state index contributed by atoms with van der Waals surface area (Å²) in [5.41, 5.74) is 1.48. The van der Waals surface area contributed by atoms with Crippen molar-refractivity contribution in [3.05, 3.63) is 57.3 Å². The predicted molar refractivity (Wildman–Crippen MR) is 117 cm³/mol. The summed E-state index contributed by atoms with van der Waals surface area (Å²) in [5.74, 6) is -0.674. The zero-order valence-corrected chi connectivity index (χ0v) is 18.3. The number of hydrogen-bond donors (Lipinski definition) is 1. The lowest BCUT2D eigenvalue weighted by Gasteiger charge is -2.24. The number of benzene rings is 1. The Balaban J connectivity index is 2.02. The maximum Gasteiger partial charge on any atom is 0.295 e. The van der Waals surface area contributed by atoms with Crippen LogP contribution in [0.25, 0.3) is 5.76 Å². The van der Waals surface area contributed by atoms with Crippen molar-refractivity contribution in [3.8, 4) is 5.75 Å². The number of ether oxygens (including phenoxy) is 2. The fourth-order valence-corrected chi connectivity index (χ4v) is 4.40. The van der Waals surface area contributed by atoms with Crippen LogP contribution >= 0.6 is 11.3 Å². The van der Waals surface area contributed by atoms with Gasteiger partial charge in [0.05, 0.1) is 18.2 Å². The largest absolute Gasteiger partial charge is 0.507 e. The molecule has 1 saturated heterocycles. The molecule has 2 aromatic rings. The van der Waals surface area contributed by atoms with Gasteiger partial charge in [0.2, 0.25) is 0 Å². The number of Topliss-reactive ketones (excluding diaryl/α,β-unsaturated/α-hetero) is 1. The molecule has 1 atom stereocenters. The van der Waals surface area contributed by atoms with Crippen LogP contribution in [0, 0.1) is 6.92 Å². The number of rotatable bonds is 9. The van der Waals surface area contributed by atoms with Crippen LogP contribution in [-0.2, 0) is 14.3 Å². The molecule has 1 amide bonds. The van der Waals surface area contributed by atoms with E-state index >= 15 is 0 Å². The van der Waals surface area contributed by atoms with Crippen LogP contribution in [0.2, 0.25) is 0 Å². The average Bonchev–Trinajstić information content (AvgIpc) is 3.35. The Morgan fingerprint density at radius 1 is 1.23 bits per heavy atom. The van der Waals surface area contributed by atoms with E-state index < -0.39 is 17.7 Å². The first-order chi connectivity index (χ1) is 14.5. The van der Waals surface area contributed by atoms with Gasteiger partial charge in [0.15, 0.2) is 0 Å². The Hall–Kier alpha value is -2.64. The van der Waals surface area contributed by atoms with Crippen LogP contribution in [0.1, 0.15) is 41.8 Å². The summed E-state index contributed by atoms with van der Waals surface area (Å²) < 4.78 is 10.8. The molecule has 1 unspecified atom stereocenters. The number of nitrogens with zero attached hydrogens (tertiary/aromatic N) is 1. The first kappa shape index (κ1) is 22.1. The minimum atomic E-state index is -0.660. The maximum absolute atomic E-state index is 12.9. The van der Waals surface area contributed by atoms with E-state index in [0.29, 0.717) is 31.7 Å². The van der Waals surface area contributed by atoms with E-state index in [2.05, 4.69) is 0 Å². The molecular weight excluding hydrogens is 402 g/mol. The maximum atomic E-state index is 12.9. The van der Waals surface area contributed by atoms with Gasteiger partial charge in [0, 0.05) is 30.7 Å². The van der Waals surface area contributed by atoms with Gasteiger partial charge < -0.3 is 19.5 Å². The molecule has 0 spiro atoms. The predicted octanol–water partition coefficient (Wildman–Crippen LogP) is 4.30. The molecule has 7 heteroatoms. The van der Waals surface area contributed by atoms with Crippen molar-refractivity contribution in [3.63, 3.8) is 0 Å². The molecule has 1 aromatic heterocycles. The highest BCUT2D eigenvalue weighted by Gasteiger charge is 2.46. The molecule has 0 bridgehead atoms. The quantitative estimate of drug-likeness (QED) is 0.278. The van der Waals surface area contributed by atoms with Gasteiger partial charge in [-0.2, -0.15) is 0 Å². The monoisotopic (exact) mass is 429 g/mol. The highest BCUT2D eigenvalue weighted by atomic mass is 32.1. The van der Waals surface area contributed by atoms with E-state index in [0.717, 1.165) is 22.6 Å². The Morgan fingerprint density at radius 3 is 2.67 bits per heavy atom. The molecule has 1 aliphatic heterocycles. The van der Waals surface area contributed by atoms with Gasteiger partial charge >= 0.3 is 0 Å². The molecular formula is C23H27NO5S. The van der Waals surface area contributed by atoms with Gasteiger partial charge in [-0.05, 0) is 55.0 Å². The Bertz CT molecular complexity index is 935. The van der Waals surface area contributed by atoms with Crippen molar-refractivity contribution in [1.82, 2.24) is 4.90 Å². The third-order valence-corrected chi connectivity index (χ3v) is 5.93. The molecule has 1 aliphatic rings. The van der Waals surface area contributed by atoms with Crippen LogP contribution in [0.4, 0.5) is 0 Å². The summed E-state index contributed by atoms with van der Waals surface area (Å²) in [6, 6.07) is 8.44. The first-order valence-electron chi connectivity index (χ1n) is 10.0. The third-order valence-electron chi connectivity index (χ3n) is 5.01. The molecule has 6 nitrogen and oxygen atoms in total. The Labute approximate surface area is 180 Å². The number of ketones is 1. The first-order valence-corrected chi connectivity index (χ1v) is 10.9. The Kier molecular flexibility index (Phi) is 7.29. The second-order valence-electron chi connectivity index (χ2n) is 7.18. The number of aliphatic hydroxyl groups excluding tert-OH is 1. The molecule has 1 aromatic carbocycles. The van der Waals surface area contributed by atoms with Gasteiger partial charge in [-0.25, -0.2) is 0 Å². The normalized spacial score (nSPS) is 18.2. The fraction of sp³-hybridized carbons (Fsp3) is 0.391. The number of hydrogen-bond acceptors (Lipinski definition) is 6. The lowest BCUT2D eigenvalue weighted by atomic mass is 9.98. The van der Waals surface area contributed by atoms with Crippen LogP contribution in [0.3, 0.4) is 0 Å². The van der Waals surface area contributed by atoms with Crippen molar-refractivity contribution in [2.45, 2.75) is 32.7 Å². The summed E-state index contributed by atoms with van der Waals surface area (Å²) in [5, 5.41) is 13.0. The molecule has 160 valence electrons. The molecule has 1 fully saturated rings. The standard InChI is InChI=1S/C23H27NO5S/c1-4-11-29-17-9-8-16(14-15(17)2)21(25)19-20(18-7-5-13-30-18)24(10-6-12-28-3)23(27)22(19)26/h5,7-9,13-14,20,25H,4,6,10-12H2,1-3H3/b21-19-. The number of methoxy groups -OCH3 is 1. The van der Waals surface area contributed by atoms with Gasteiger partial charge in [-0.1, -0.05) is 13.0 Å². The van der Waals surface area contributed by atoms with Crippen molar-refractivity contribution < 1.29 is 24.2 Å². The summed E-state index contributed by atoms with van der Waals surface area (Å²) in [6.07, 6.45) is 1.50. The Morgan fingerprint density at radius 2 is 2.03 bits per heavy atom. The molecule has 3 rings (SSSR count). The zero-order valence-electron chi connectivity index (χ0n) is 17.5. The van der Waals surface area contributed by atoms with E-state index in [-0.39, 0.29) is 11.3 Å². The fourth-order valence-electron chi connectivity index (χ4n) is 3.56. The van der Waals surface area contributed by atoms with Crippen LogP contribution in [0.5, 0.6) is 5.75 Å². The van der Waals surface area contributed by atoms with Crippen molar-refractivity contribution >= 4 is 28.8 Å². The van der Waals surface area contributed by atoms with E-state index in [9.17, 15) is 14.7 Å². The number of likely N-dealkylation sites (tertiary alicyclic amines) is 1. The highest BCUT2D eigenvalue weighted by Crippen LogP contribution is 2.41. The van der Waals surface area contributed by atoms with E-state index in [1.54, 1.807) is 25.3 Å². The highest BCUT2D eigenvalue weighted by molar-refractivity contribution is 7.10. The summed E-state index contributed by atoms with van der Waals surface area (Å²) in [6.45, 7) is 5.39. The van der Waals surface area contributed by atoms with E-state index in [1.165, 1.54) is 16.2 Å². The summed E-state index contributed by atoms with van der Waals surface area (Å²) in [4.78, 5) is 28.0. The lowest BCUT2D eigenvalue weighted by molar-refractivity contribution is -0.140. The van der Waals surface area contributed by atoms with E-state index in [1.807, 2.05) is 31.4 Å². The minimum Gasteiger partial charge on any atom is -0.507 e. The number of amides is 1. The second kappa shape index (κ2) is 9.91. The smallest absolute Gasteiger partial charge is 0.295 e. The number of carbonyl (C=O) groups is 2. The van der Waals surface area contributed by atoms with Crippen LogP contribution in [0.15, 0.2) is 41.3 Å². The number of aliphatic hydroxyl groups is 1. The van der Waals surface area contributed by atoms with Crippen molar-refractivity contribution in [2.24, 2.45) is 0 Å². The topological polar surface area (TPSA) is 76.1 Å². The lowest BCUT2D eigenvalue weighted by Crippen LogP contribution is -2.31. The summed E-state index contributed by atoms with van der Waals surface area (Å²) in [7, 11) is 1.60. The SMILES string of the molecule is CCCOc1ccc(/C(O)=C2/C(=O)C(=O)N(CCCOC)C2c2cccs2)cc1C.